The quantitative estimate of drug-likeness (QED) is 0.727. The Balaban J connectivity index is 1.90. The maximum absolute atomic E-state index is 12.1. The van der Waals surface area contributed by atoms with Crippen LogP contribution in [0, 0.1) is 6.92 Å². The molecular formula is C19H27N3O2S. The zero-order valence-corrected chi connectivity index (χ0v) is 16.4. The number of aromatic nitrogens is 2. The molecule has 0 unspecified atom stereocenters. The first kappa shape index (κ1) is 19.4. The molecule has 0 aliphatic rings. The molecule has 6 heteroatoms. The predicted octanol–water partition coefficient (Wildman–Crippen LogP) is 4.89. The number of ether oxygens (including phenoxy) is 1. The molecule has 1 aromatic heterocycles. The van der Waals surface area contributed by atoms with Crippen molar-refractivity contribution in [3.63, 3.8) is 0 Å². The van der Waals surface area contributed by atoms with Crippen molar-refractivity contribution in [1.82, 2.24) is 10.2 Å². The van der Waals surface area contributed by atoms with Gasteiger partial charge in [-0.2, -0.15) is 0 Å². The van der Waals surface area contributed by atoms with E-state index in [1.807, 2.05) is 12.1 Å². The highest BCUT2D eigenvalue weighted by molar-refractivity contribution is 7.15. The minimum absolute atomic E-state index is 0.0413. The average Bonchev–Trinajstić information content (AvgIpc) is 3.02. The number of hydrogen-bond donors (Lipinski definition) is 1. The van der Waals surface area contributed by atoms with Crippen LogP contribution in [-0.4, -0.2) is 22.7 Å². The molecule has 0 spiro atoms. The summed E-state index contributed by atoms with van der Waals surface area (Å²) in [4.78, 5) is 12.1. The van der Waals surface area contributed by atoms with E-state index < -0.39 is 0 Å². The Bertz CT molecular complexity index is 708. The molecule has 0 radical (unpaired) electrons. The molecule has 1 N–H and O–H groups in total. The van der Waals surface area contributed by atoms with Gasteiger partial charge in [-0.05, 0) is 48.9 Å². The summed E-state index contributed by atoms with van der Waals surface area (Å²) in [5.74, 6) is 1.35. The van der Waals surface area contributed by atoms with Crippen LogP contribution in [0.5, 0.6) is 5.75 Å². The van der Waals surface area contributed by atoms with Crippen LogP contribution in [0.15, 0.2) is 18.2 Å². The van der Waals surface area contributed by atoms with E-state index in [-0.39, 0.29) is 12.5 Å². The van der Waals surface area contributed by atoms with Gasteiger partial charge in [-0.15, -0.1) is 10.2 Å². The van der Waals surface area contributed by atoms with Crippen LogP contribution < -0.4 is 10.1 Å². The van der Waals surface area contributed by atoms with Gasteiger partial charge in [0.1, 0.15) is 10.8 Å². The van der Waals surface area contributed by atoms with E-state index in [0.29, 0.717) is 22.7 Å². The van der Waals surface area contributed by atoms with Crippen LogP contribution in [0.2, 0.25) is 0 Å². The fourth-order valence-corrected chi connectivity index (χ4v) is 3.80. The number of amides is 1. The van der Waals surface area contributed by atoms with Crippen molar-refractivity contribution >= 4 is 22.4 Å². The summed E-state index contributed by atoms with van der Waals surface area (Å²) in [5.41, 5.74) is 2.46. The molecular weight excluding hydrogens is 334 g/mol. The van der Waals surface area contributed by atoms with Gasteiger partial charge in [0.15, 0.2) is 6.61 Å². The fourth-order valence-electron chi connectivity index (χ4n) is 2.78. The Kier molecular flexibility index (Phi) is 6.93. The molecule has 1 heterocycles. The largest absolute Gasteiger partial charge is 0.484 e. The van der Waals surface area contributed by atoms with Gasteiger partial charge in [-0.25, -0.2) is 0 Å². The number of nitrogens with one attached hydrogen (secondary N) is 1. The number of carbonyl (C=O) groups is 1. The maximum atomic E-state index is 12.1. The normalized spacial score (nSPS) is 11.2. The van der Waals surface area contributed by atoms with E-state index >= 15 is 0 Å². The standard InChI is InChI=1S/C19H27N3O2S/c1-6-14(7-2)18-21-22-19(25-18)20-17(23)11-24-15-8-9-16(12(3)4)13(5)10-15/h8-10,12,14H,6-7,11H2,1-5H3,(H,20,22,23). The molecule has 0 aliphatic carbocycles. The van der Waals surface area contributed by atoms with Crippen molar-refractivity contribution in [2.75, 3.05) is 11.9 Å². The first-order valence-electron chi connectivity index (χ1n) is 8.81. The minimum Gasteiger partial charge on any atom is -0.484 e. The lowest BCUT2D eigenvalue weighted by molar-refractivity contribution is -0.118. The number of aryl methyl sites for hydroxylation is 1. The average molecular weight is 362 g/mol. The first-order valence-corrected chi connectivity index (χ1v) is 9.62. The Hall–Kier alpha value is -1.95. The van der Waals surface area contributed by atoms with Gasteiger partial charge < -0.3 is 4.74 Å². The molecule has 2 rings (SSSR count). The van der Waals surface area contributed by atoms with Crippen LogP contribution in [-0.2, 0) is 4.79 Å². The molecule has 0 aliphatic heterocycles. The van der Waals surface area contributed by atoms with Gasteiger partial charge in [0.2, 0.25) is 5.13 Å². The number of benzene rings is 1. The molecule has 5 nitrogen and oxygen atoms in total. The third-order valence-corrected chi connectivity index (χ3v) is 5.26. The highest BCUT2D eigenvalue weighted by atomic mass is 32.1. The number of anilines is 1. The number of rotatable bonds is 8. The summed E-state index contributed by atoms with van der Waals surface area (Å²) in [5, 5.41) is 12.5. The van der Waals surface area contributed by atoms with Gasteiger partial charge in [0.05, 0.1) is 0 Å². The van der Waals surface area contributed by atoms with Crippen LogP contribution in [0.1, 0.15) is 68.5 Å². The zero-order chi connectivity index (χ0) is 18.4. The summed E-state index contributed by atoms with van der Waals surface area (Å²) >= 11 is 1.44. The Morgan fingerprint density at radius 2 is 1.96 bits per heavy atom. The Morgan fingerprint density at radius 3 is 2.56 bits per heavy atom. The highest BCUT2D eigenvalue weighted by Crippen LogP contribution is 2.28. The molecule has 1 amide bonds. The Morgan fingerprint density at radius 1 is 1.24 bits per heavy atom. The van der Waals surface area contributed by atoms with E-state index in [9.17, 15) is 4.79 Å². The number of nitrogens with zero attached hydrogens (tertiary/aromatic N) is 2. The Labute approximate surface area is 153 Å². The van der Waals surface area contributed by atoms with Gasteiger partial charge in [0.25, 0.3) is 5.91 Å². The van der Waals surface area contributed by atoms with Gasteiger partial charge in [0, 0.05) is 5.92 Å². The third-order valence-electron chi connectivity index (χ3n) is 4.26. The molecule has 0 atom stereocenters. The molecule has 136 valence electrons. The van der Waals surface area contributed by atoms with E-state index in [0.717, 1.165) is 17.8 Å². The second-order valence-electron chi connectivity index (χ2n) is 6.47. The monoisotopic (exact) mass is 361 g/mol. The van der Waals surface area contributed by atoms with Crippen molar-refractivity contribution in [3.8, 4) is 5.75 Å². The van der Waals surface area contributed by atoms with Crippen LogP contribution in [0.4, 0.5) is 5.13 Å². The predicted molar refractivity (Wildman–Crippen MR) is 103 cm³/mol. The smallest absolute Gasteiger partial charge is 0.264 e. The first-order chi connectivity index (χ1) is 11.9. The third kappa shape index (κ3) is 5.26. The molecule has 25 heavy (non-hydrogen) atoms. The fraction of sp³-hybridized carbons (Fsp3) is 0.526. The highest BCUT2D eigenvalue weighted by Gasteiger charge is 2.15. The van der Waals surface area contributed by atoms with Gasteiger partial charge in [-0.1, -0.05) is 45.1 Å². The summed E-state index contributed by atoms with van der Waals surface area (Å²) in [6.07, 6.45) is 2.04. The zero-order valence-electron chi connectivity index (χ0n) is 15.6. The van der Waals surface area contributed by atoms with Crippen LogP contribution in [0.25, 0.3) is 0 Å². The van der Waals surface area contributed by atoms with Crippen molar-refractivity contribution < 1.29 is 9.53 Å². The summed E-state index contributed by atoms with van der Waals surface area (Å²) in [6, 6.07) is 5.93. The molecule has 0 saturated carbocycles. The molecule has 2 aromatic rings. The molecule has 0 bridgehead atoms. The van der Waals surface area contributed by atoms with E-state index in [2.05, 4.69) is 56.2 Å². The van der Waals surface area contributed by atoms with Crippen molar-refractivity contribution in [1.29, 1.82) is 0 Å². The lowest BCUT2D eigenvalue weighted by Gasteiger charge is -2.12. The maximum Gasteiger partial charge on any atom is 0.264 e. The van der Waals surface area contributed by atoms with Crippen LogP contribution >= 0.6 is 11.3 Å². The lowest BCUT2D eigenvalue weighted by Crippen LogP contribution is -2.20. The van der Waals surface area contributed by atoms with Crippen molar-refractivity contribution in [3.05, 3.63) is 34.3 Å². The molecule has 0 saturated heterocycles. The van der Waals surface area contributed by atoms with Gasteiger partial charge >= 0.3 is 0 Å². The van der Waals surface area contributed by atoms with E-state index in [1.165, 1.54) is 22.5 Å². The van der Waals surface area contributed by atoms with Crippen molar-refractivity contribution in [2.45, 2.75) is 59.3 Å². The minimum atomic E-state index is -0.224. The van der Waals surface area contributed by atoms with E-state index in [1.54, 1.807) is 0 Å². The van der Waals surface area contributed by atoms with Crippen molar-refractivity contribution in [2.24, 2.45) is 0 Å². The molecule has 1 aromatic carbocycles. The summed E-state index contributed by atoms with van der Waals surface area (Å²) in [6.45, 7) is 10.6. The second-order valence-corrected chi connectivity index (χ2v) is 7.48. The topological polar surface area (TPSA) is 64.1 Å². The SMILES string of the molecule is CCC(CC)c1nnc(NC(=O)COc2ccc(C(C)C)c(C)c2)s1. The lowest BCUT2D eigenvalue weighted by atomic mass is 9.98. The summed E-state index contributed by atoms with van der Waals surface area (Å²) < 4.78 is 5.60. The number of carbonyl (C=O) groups excluding carboxylic acids is 1. The summed E-state index contributed by atoms with van der Waals surface area (Å²) in [7, 11) is 0. The van der Waals surface area contributed by atoms with E-state index in [4.69, 9.17) is 4.74 Å². The number of hydrogen-bond acceptors (Lipinski definition) is 5. The van der Waals surface area contributed by atoms with Gasteiger partial charge in [-0.3, -0.25) is 10.1 Å². The second kappa shape index (κ2) is 8.94. The van der Waals surface area contributed by atoms with Crippen LogP contribution in [0.3, 0.4) is 0 Å². The molecule has 0 fully saturated rings.